The van der Waals surface area contributed by atoms with Crippen molar-refractivity contribution in [2.75, 3.05) is 23.3 Å². The maximum Gasteiger partial charge on any atom is 0.229 e. The fraction of sp³-hybridized carbons (Fsp3) is 0.278. The molecule has 0 radical (unpaired) electrons. The Morgan fingerprint density at radius 3 is 2.73 bits per heavy atom. The lowest BCUT2D eigenvalue weighted by Gasteiger charge is -2.17. The van der Waals surface area contributed by atoms with Crippen LogP contribution in [0.2, 0.25) is 0 Å². The summed E-state index contributed by atoms with van der Waals surface area (Å²) >= 11 is 0. The van der Waals surface area contributed by atoms with Gasteiger partial charge in [-0.05, 0) is 43.7 Å². The van der Waals surface area contributed by atoms with Gasteiger partial charge in [0.05, 0.1) is 17.7 Å². The molecule has 0 spiro atoms. The molecular formula is C18H18N8. The molecule has 0 amide bonds. The van der Waals surface area contributed by atoms with Crippen LogP contribution in [0.3, 0.4) is 0 Å². The number of nitriles is 1. The first-order valence-corrected chi connectivity index (χ1v) is 8.44. The normalized spacial score (nSPS) is 16.5. The summed E-state index contributed by atoms with van der Waals surface area (Å²) < 4.78 is 1.73. The topological polar surface area (TPSA) is 95.6 Å². The zero-order valence-electron chi connectivity index (χ0n) is 14.4. The number of aryl methyl sites for hydroxylation is 1. The molecule has 0 saturated carbocycles. The monoisotopic (exact) mass is 346 g/mol. The van der Waals surface area contributed by atoms with E-state index in [9.17, 15) is 0 Å². The van der Waals surface area contributed by atoms with Gasteiger partial charge in [0.25, 0.3) is 0 Å². The minimum atomic E-state index is 0.0781. The van der Waals surface area contributed by atoms with E-state index < -0.39 is 0 Å². The maximum atomic E-state index is 9.05. The van der Waals surface area contributed by atoms with Gasteiger partial charge in [-0.1, -0.05) is 0 Å². The van der Waals surface area contributed by atoms with Crippen molar-refractivity contribution in [1.82, 2.24) is 24.7 Å². The van der Waals surface area contributed by atoms with Crippen molar-refractivity contribution in [3.63, 3.8) is 0 Å². The van der Waals surface area contributed by atoms with Crippen molar-refractivity contribution in [1.29, 1.82) is 5.26 Å². The Morgan fingerprint density at radius 2 is 2.04 bits per heavy atom. The van der Waals surface area contributed by atoms with Crippen LogP contribution in [0.1, 0.15) is 12.2 Å². The highest BCUT2D eigenvalue weighted by Crippen LogP contribution is 2.23. The summed E-state index contributed by atoms with van der Waals surface area (Å²) in [5.41, 5.74) is 1.82. The van der Waals surface area contributed by atoms with Crippen molar-refractivity contribution < 1.29 is 0 Å². The third kappa shape index (κ3) is 3.32. The molecule has 1 aliphatic heterocycles. The molecule has 1 aromatic carbocycles. The third-order valence-electron chi connectivity index (χ3n) is 4.33. The van der Waals surface area contributed by atoms with Crippen molar-refractivity contribution in [2.45, 2.75) is 13.3 Å². The molecule has 3 heterocycles. The van der Waals surface area contributed by atoms with E-state index in [1.165, 1.54) is 0 Å². The molecule has 3 aromatic rings. The van der Waals surface area contributed by atoms with Gasteiger partial charge in [0.15, 0.2) is 0 Å². The number of nitrogens with one attached hydrogen (secondary N) is 1. The lowest BCUT2D eigenvalue weighted by molar-refractivity contribution is 0.754. The zero-order valence-corrected chi connectivity index (χ0v) is 14.4. The number of anilines is 3. The Morgan fingerprint density at radius 1 is 1.19 bits per heavy atom. The predicted octanol–water partition coefficient (Wildman–Crippen LogP) is 2.46. The number of aromatic nitrogens is 5. The van der Waals surface area contributed by atoms with Crippen LogP contribution in [0.25, 0.3) is 5.69 Å². The fourth-order valence-electron chi connectivity index (χ4n) is 2.96. The molecule has 26 heavy (non-hydrogen) atoms. The largest absolute Gasteiger partial charge is 0.355 e. The highest BCUT2D eigenvalue weighted by Gasteiger charge is 2.23. The number of benzene rings is 1. The minimum Gasteiger partial charge on any atom is -0.355 e. The van der Waals surface area contributed by atoms with Crippen LogP contribution in [0.5, 0.6) is 0 Å². The summed E-state index contributed by atoms with van der Waals surface area (Å²) in [5.74, 6) is 2.19. The standard InChI is InChI=1S/C18H18N8/c1-13-21-12-26(24-13)16-4-2-15(3-5-16)22-18-20-8-6-17(23-18)25-9-7-14(10-19)11-25/h2-6,8,12,14H,7,9,11H2,1H3,(H,20,22,23). The van der Waals surface area contributed by atoms with E-state index in [1.54, 1.807) is 17.2 Å². The van der Waals surface area contributed by atoms with Crippen molar-refractivity contribution in [3.05, 3.63) is 48.7 Å². The summed E-state index contributed by atoms with van der Waals surface area (Å²) in [6.07, 6.45) is 4.30. The van der Waals surface area contributed by atoms with Gasteiger partial charge in [-0.3, -0.25) is 0 Å². The van der Waals surface area contributed by atoms with Gasteiger partial charge >= 0.3 is 0 Å². The molecule has 1 N–H and O–H groups in total. The summed E-state index contributed by atoms with van der Waals surface area (Å²) in [6, 6.07) is 12.0. The van der Waals surface area contributed by atoms with E-state index in [4.69, 9.17) is 5.26 Å². The van der Waals surface area contributed by atoms with E-state index in [-0.39, 0.29) is 5.92 Å². The summed E-state index contributed by atoms with van der Waals surface area (Å²) in [5, 5.41) is 16.6. The van der Waals surface area contributed by atoms with Gasteiger partial charge in [-0.25, -0.2) is 14.6 Å². The van der Waals surface area contributed by atoms with E-state index in [0.717, 1.165) is 42.5 Å². The minimum absolute atomic E-state index is 0.0781. The molecule has 0 bridgehead atoms. The third-order valence-corrected chi connectivity index (χ3v) is 4.33. The van der Waals surface area contributed by atoms with Gasteiger partial charge in [0, 0.05) is 25.0 Å². The molecule has 1 aliphatic rings. The van der Waals surface area contributed by atoms with E-state index >= 15 is 0 Å². The molecular weight excluding hydrogens is 328 g/mol. The second-order valence-corrected chi connectivity index (χ2v) is 6.21. The first-order valence-electron chi connectivity index (χ1n) is 8.44. The average Bonchev–Trinajstić information content (AvgIpc) is 3.32. The van der Waals surface area contributed by atoms with Crippen LogP contribution >= 0.6 is 0 Å². The van der Waals surface area contributed by atoms with E-state index in [2.05, 4.69) is 36.3 Å². The molecule has 8 nitrogen and oxygen atoms in total. The van der Waals surface area contributed by atoms with Crippen molar-refractivity contribution in [2.24, 2.45) is 5.92 Å². The Hall–Kier alpha value is -3.47. The van der Waals surface area contributed by atoms with Crippen molar-refractivity contribution >= 4 is 17.5 Å². The average molecular weight is 346 g/mol. The highest BCUT2D eigenvalue weighted by molar-refractivity contribution is 5.57. The Balaban J connectivity index is 1.47. The van der Waals surface area contributed by atoms with Crippen LogP contribution in [-0.2, 0) is 0 Å². The van der Waals surface area contributed by atoms with Gasteiger partial charge in [-0.15, -0.1) is 0 Å². The first-order chi connectivity index (χ1) is 12.7. The number of rotatable bonds is 4. The molecule has 1 unspecified atom stereocenters. The lowest BCUT2D eigenvalue weighted by Crippen LogP contribution is -2.20. The second kappa shape index (κ2) is 6.80. The van der Waals surface area contributed by atoms with Crippen molar-refractivity contribution in [3.8, 4) is 11.8 Å². The summed E-state index contributed by atoms with van der Waals surface area (Å²) in [4.78, 5) is 15.1. The van der Waals surface area contributed by atoms with Crippen LogP contribution in [0.15, 0.2) is 42.9 Å². The zero-order chi connectivity index (χ0) is 17.9. The molecule has 1 saturated heterocycles. The number of hydrogen-bond acceptors (Lipinski definition) is 7. The summed E-state index contributed by atoms with van der Waals surface area (Å²) in [7, 11) is 0. The first kappa shape index (κ1) is 16.0. The van der Waals surface area contributed by atoms with Gasteiger partial charge < -0.3 is 10.2 Å². The predicted molar refractivity (Wildman–Crippen MR) is 97.3 cm³/mol. The lowest BCUT2D eigenvalue weighted by atomic mass is 10.1. The second-order valence-electron chi connectivity index (χ2n) is 6.21. The van der Waals surface area contributed by atoms with E-state index in [0.29, 0.717) is 5.95 Å². The van der Waals surface area contributed by atoms with Crippen LogP contribution in [0.4, 0.5) is 17.5 Å². The Labute approximate surface area is 151 Å². The Bertz CT molecular complexity index is 940. The molecule has 1 atom stereocenters. The van der Waals surface area contributed by atoms with Crippen LogP contribution in [0, 0.1) is 24.2 Å². The summed E-state index contributed by atoms with van der Waals surface area (Å²) in [6.45, 7) is 3.43. The van der Waals surface area contributed by atoms with Crippen LogP contribution < -0.4 is 10.2 Å². The maximum absolute atomic E-state index is 9.05. The number of nitrogens with zero attached hydrogens (tertiary/aromatic N) is 7. The number of hydrogen-bond donors (Lipinski definition) is 1. The smallest absolute Gasteiger partial charge is 0.229 e. The van der Waals surface area contributed by atoms with Gasteiger partial charge in [0.1, 0.15) is 18.0 Å². The molecule has 130 valence electrons. The van der Waals surface area contributed by atoms with E-state index in [1.807, 2.05) is 37.3 Å². The molecule has 4 rings (SSSR count). The fourth-order valence-corrected chi connectivity index (χ4v) is 2.96. The quantitative estimate of drug-likeness (QED) is 0.775. The molecule has 1 fully saturated rings. The molecule has 0 aliphatic carbocycles. The Kier molecular flexibility index (Phi) is 4.19. The highest BCUT2D eigenvalue weighted by atomic mass is 15.3. The molecule has 2 aromatic heterocycles. The van der Waals surface area contributed by atoms with Crippen LogP contribution in [-0.4, -0.2) is 37.8 Å². The SMILES string of the molecule is Cc1ncn(-c2ccc(Nc3nccc(N4CCC(C#N)C4)n3)cc2)n1. The molecule has 8 heteroatoms. The van der Waals surface area contributed by atoms with Gasteiger partial charge in [-0.2, -0.15) is 15.3 Å². The van der Waals surface area contributed by atoms with Gasteiger partial charge in [0.2, 0.25) is 5.95 Å².